The fourth-order valence-electron chi connectivity index (χ4n) is 3.08. The normalized spacial score (nSPS) is 16.5. The molecule has 1 rings (SSSR count). The topological polar surface area (TPSA) is 83.9 Å². The zero-order valence-corrected chi connectivity index (χ0v) is 12.9. The minimum atomic E-state index is -0.861. The highest BCUT2D eigenvalue weighted by Gasteiger charge is 2.39. The molecule has 0 unspecified atom stereocenters. The number of carboxylic acids is 1. The second kappa shape index (κ2) is 8.00. The van der Waals surface area contributed by atoms with Gasteiger partial charge >= 0.3 is 11.9 Å². The number of carboxylic acid groups (broad SMARTS) is 1. The largest absolute Gasteiger partial charge is 0.481 e. The Morgan fingerprint density at radius 2 is 1.81 bits per heavy atom. The van der Waals surface area contributed by atoms with Crippen molar-refractivity contribution in [3.63, 3.8) is 0 Å². The third kappa shape index (κ3) is 5.36. The van der Waals surface area contributed by atoms with Gasteiger partial charge < -0.3 is 14.7 Å². The molecular weight excluding hydrogens is 274 g/mol. The molecule has 21 heavy (non-hydrogen) atoms. The number of hydrogen-bond acceptors (Lipinski definition) is 4. The van der Waals surface area contributed by atoms with Crippen LogP contribution in [0.1, 0.15) is 51.9 Å². The van der Waals surface area contributed by atoms with Gasteiger partial charge in [-0.1, -0.05) is 19.8 Å². The zero-order chi connectivity index (χ0) is 15.9. The van der Waals surface area contributed by atoms with Crippen LogP contribution < -0.4 is 0 Å². The third-order valence-electron chi connectivity index (χ3n) is 4.11. The van der Waals surface area contributed by atoms with Gasteiger partial charge in [0, 0.05) is 13.0 Å². The zero-order valence-electron chi connectivity index (χ0n) is 12.9. The van der Waals surface area contributed by atoms with Crippen LogP contribution in [0.3, 0.4) is 0 Å². The number of hydrogen-bond donors (Lipinski definition) is 1. The van der Waals surface area contributed by atoms with E-state index in [9.17, 15) is 14.4 Å². The van der Waals surface area contributed by atoms with E-state index in [1.807, 2.05) is 6.92 Å². The van der Waals surface area contributed by atoms with Crippen LogP contribution in [0.4, 0.5) is 0 Å². The van der Waals surface area contributed by atoms with E-state index >= 15 is 0 Å². The molecule has 6 heteroatoms. The van der Waals surface area contributed by atoms with Crippen LogP contribution in [0.25, 0.3) is 0 Å². The molecule has 0 aliphatic heterocycles. The molecule has 0 radical (unpaired) electrons. The second-order valence-electron chi connectivity index (χ2n) is 5.85. The quantitative estimate of drug-likeness (QED) is 0.691. The summed E-state index contributed by atoms with van der Waals surface area (Å²) in [7, 11) is 1.29. The predicted octanol–water partition coefficient (Wildman–Crippen LogP) is 1.82. The number of rotatable bonds is 8. The molecule has 1 N–H and O–H groups in total. The van der Waals surface area contributed by atoms with Gasteiger partial charge in [0.2, 0.25) is 5.91 Å². The van der Waals surface area contributed by atoms with Gasteiger partial charge in [-0.3, -0.25) is 14.4 Å². The predicted molar refractivity (Wildman–Crippen MR) is 76.7 cm³/mol. The summed E-state index contributed by atoms with van der Waals surface area (Å²) >= 11 is 0. The average molecular weight is 299 g/mol. The van der Waals surface area contributed by atoms with Crippen molar-refractivity contribution in [3.8, 4) is 0 Å². The van der Waals surface area contributed by atoms with Crippen molar-refractivity contribution in [1.82, 2.24) is 4.90 Å². The van der Waals surface area contributed by atoms with E-state index in [1.54, 1.807) is 0 Å². The van der Waals surface area contributed by atoms with E-state index in [4.69, 9.17) is 5.11 Å². The molecule has 0 aromatic rings. The lowest BCUT2D eigenvalue weighted by Crippen LogP contribution is -2.39. The minimum Gasteiger partial charge on any atom is -0.481 e. The Balaban J connectivity index is 2.73. The van der Waals surface area contributed by atoms with Crippen molar-refractivity contribution < 1.29 is 24.2 Å². The van der Waals surface area contributed by atoms with Crippen LogP contribution in [0.5, 0.6) is 0 Å². The number of esters is 1. The molecule has 0 bridgehead atoms. The minimum absolute atomic E-state index is 0.0247. The standard InChI is InChI=1S/C15H25NO5/c1-3-8-16(11-14(20)21-2)12(17)9-15(10-13(18)19)6-4-5-7-15/h3-11H2,1-2H3,(H,18,19). The fraction of sp³-hybridized carbons (Fsp3) is 0.800. The van der Waals surface area contributed by atoms with Crippen molar-refractivity contribution in [2.24, 2.45) is 5.41 Å². The van der Waals surface area contributed by atoms with Crippen molar-refractivity contribution in [2.45, 2.75) is 51.9 Å². The van der Waals surface area contributed by atoms with E-state index in [2.05, 4.69) is 4.74 Å². The highest BCUT2D eigenvalue weighted by molar-refractivity contribution is 5.83. The Kier molecular flexibility index (Phi) is 6.65. The Morgan fingerprint density at radius 3 is 2.29 bits per heavy atom. The van der Waals surface area contributed by atoms with Gasteiger partial charge in [-0.05, 0) is 24.7 Å². The Hall–Kier alpha value is -1.59. The maximum atomic E-state index is 12.5. The van der Waals surface area contributed by atoms with E-state index in [0.717, 1.165) is 32.1 Å². The first-order valence-corrected chi connectivity index (χ1v) is 7.49. The Bertz CT molecular complexity index is 388. The van der Waals surface area contributed by atoms with Crippen LogP contribution in [0, 0.1) is 5.41 Å². The van der Waals surface area contributed by atoms with Gasteiger partial charge in [0.25, 0.3) is 0 Å². The fourth-order valence-corrected chi connectivity index (χ4v) is 3.08. The van der Waals surface area contributed by atoms with E-state index < -0.39 is 17.4 Å². The SMILES string of the molecule is CCCN(CC(=O)OC)C(=O)CC1(CC(=O)O)CCCC1. The average Bonchev–Trinajstić information content (AvgIpc) is 2.85. The summed E-state index contributed by atoms with van der Waals surface area (Å²) in [4.78, 5) is 36.4. The lowest BCUT2D eigenvalue weighted by Gasteiger charge is -2.30. The Morgan fingerprint density at radius 1 is 1.19 bits per heavy atom. The van der Waals surface area contributed by atoms with Gasteiger partial charge in [0.1, 0.15) is 6.54 Å². The molecule has 0 aromatic carbocycles. The summed E-state index contributed by atoms with van der Waals surface area (Å²) in [6.45, 7) is 2.35. The molecule has 6 nitrogen and oxygen atoms in total. The van der Waals surface area contributed by atoms with Gasteiger partial charge in [-0.2, -0.15) is 0 Å². The molecule has 1 aliphatic rings. The third-order valence-corrected chi connectivity index (χ3v) is 4.11. The molecule has 1 aliphatic carbocycles. The van der Waals surface area contributed by atoms with Crippen LogP contribution in [-0.2, 0) is 19.1 Å². The smallest absolute Gasteiger partial charge is 0.325 e. The van der Waals surface area contributed by atoms with Crippen LogP contribution in [0.2, 0.25) is 0 Å². The summed E-state index contributed by atoms with van der Waals surface area (Å²) < 4.78 is 4.61. The first-order chi connectivity index (χ1) is 9.92. The van der Waals surface area contributed by atoms with Crippen molar-refractivity contribution in [3.05, 3.63) is 0 Å². The number of nitrogens with zero attached hydrogens (tertiary/aromatic N) is 1. The number of carbonyl (C=O) groups is 3. The number of carbonyl (C=O) groups excluding carboxylic acids is 2. The second-order valence-corrected chi connectivity index (χ2v) is 5.85. The van der Waals surface area contributed by atoms with E-state index in [-0.39, 0.29) is 25.3 Å². The molecule has 0 aromatic heterocycles. The monoisotopic (exact) mass is 299 g/mol. The van der Waals surface area contributed by atoms with Crippen molar-refractivity contribution >= 4 is 17.8 Å². The molecule has 120 valence electrons. The van der Waals surface area contributed by atoms with E-state index in [0.29, 0.717) is 6.54 Å². The molecule has 0 saturated heterocycles. The number of methoxy groups -OCH3 is 1. The highest BCUT2D eigenvalue weighted by atomic mass is 16.5. The summed E-state index contributed by atoms with van der Waals surface area (Å²) in [6, 6.07) is 0. The van der Waals surface area contributed by atoms with Gasteiger partial charge in [0.05, 0.1) is 13.5 Å². The Labute approximate surface area is 125 Å². The summed E-state index contributed by atoms with van der Waals surface area (Å²) in [5.41, 5.74) is -0.439. The molecule has 0 spiro atoms. The van der Waals surface area contributed by atoms with Crippen molar-refractivity contribution in [2.75, 3.05) is 20.2 Å². The number of aliphatic carboxylic acids is 1. The van der Waals surface area contributed by atoms with E-state index in [1.165, 1.54) is 12.0 Å². The molecule has 0 heterocycles. The van der Waals surface area contributed by atoms with Gasteiger partial charge in [-0.25, -0.2) is 0 Å². The number of amides is 1. The molecule has 1 fully saturated rings. The molecule has 1 amide bonds. The van der Waals surface area contributed by atoms with Crippen molar-refractivity contribution in [1.29, 1.82) is 0 Å². The lowest BCUT2D eigenvalue weighted by molar-refractivity contribution is -0.149. The molecular formula is C15H25NO5. The summed E-state index contributed by atoms with van der Waals surface area (Å²) in [5, 5.41) is 9.08. The first-order valence-electron chi connectivity index (χ1n) is 7.49. The number of ether oxygens (including phenoxy) is 1. The summed E-state index contributed by atoms with van der Waals surface area (Å²) in [6.07, 6.45) is 4.44. The maximum Gasteiger partial charge on any atom is 0.325 e. The maximum absolute atomic E-state index is 12.5. The molecule has 0 atom stereocenters. The van der Waals surface area contributed by atoms with Crippen LogP contribution in [-0.4, -0.2) is 48.1 Å². The van der Waals surface area contributed by atoms with Crippen LogP contribution >= 0.6 is 0 Å². The van der Waals surface area contributed by atoms with Gasteiger partial charge in [-0.15, -0.1) is 0 Å². The first kappa shape index (κ1) is 17.5. The van der Waals surface area contributed by atoms with Gasteiger partial charge in [0.15, 0.2) is 0 Å². The lowest BCUT2D eigenvalue weighted by atomic mass is 9.79. The summed E-state index contributed by atoms with van der Waals surface area (Å²) in [5.74, 6) is -1.46. The molecule has 1 saturated carbocycles. The van der Waals surface area contributed by atoms with Crippen LogP contribution in [0.15, 0.2) is 0 Å². The highest BCUT2D eigenvalue weighted by Crippen LogP contribution is 2.44.